The van der Waals surface area contributed by atoms with Crippen molar-refractivity contribution in [2.45, 2.75) is 26.2 Å². The summed E-state index contributed by atoms with van der Waals surface area (Å²) >= 11 is 4.55. The molecule has 3 heteroatoms. The van der Waals surface area contributed by atoms with Crippen LogP contribution in [0.3, 0.4) is 0 Å². The predicted octanol–water partition coefficient (Wildman–Crippen LogP) is 7.17. The summed E-state index contributed by atoms with van der Waals surface area (Å²) in [5, 5.41) is 2.20. The number of hydrogen-bond donors (Lipinski definition) is 0. The van der Waals surface area contributed by atoms with Gasteiger partial charge in [-0.2, -0.15) is 4.99 Å². The maximum Gasteiger partial charge on any atom is 0.150 e. The average molecular weight is 410 g/mol. The number of rotatable bonds is 4. The molecule has 3 aromatic rings. The molecular weight excluding hydrogens is 389 g/mol. The van der Waals surface area contributed by atoms with Crippen LogP contribution in [0, 0.1) is 17.7 Å². The van der Waals surface area contributed by atoms with E-state index in [1.54, 1.807) is 6.07 Å². The van der Waals surface area contributed by atoms with E-state index in [9.17, 15) is 4.39 Å². The third kappa shape index (κ3) is 4.47. The largest absolute Gasteiger partial charge is 0.205 e. The van der Waals surface area contributed by atoms with Gasteiger partial charge in [0.05, 0.1) is 5.16 Å². The summed E-state index contributed by atoms with van der Waals surface area (Å²) in [5.41, 5.74) is 7.84. The first-order valence-electron chi connectivity index (χ1n) is 9.98. The van der Waals surface area contributed by atoms with E-state index in [1.807, 2.05) is 12.1 Å². The molecule has 0 bridgehead atoms. The number of fused-ring (bicyclic) bond motifs is 1. The number of aryl methyl sites for hydroxylation is 1. The highest BCUT2D eigenvalue weighted by Crippen LogP contribution is 2.31. The summed E-state index contributed by atoms with van der Waals surface area (Å²) in [5.74, 6) is 6.18. The highest BCUT2D eigenvalue weighted by atomic mass is 32.1. The number of nitrogens with zero attached hydrogens (tertiary/aromatic N) is 1. The highest BCUT2D eigenvalue weighted by molar-refractivity contribution is 7.78. The van der Waals surface area contributed by atoms with E-state index in [2.05, 4.69) is 83.6 Å². The van der Waals surface area contributed by atoms with Crippen molar-refractivity contribution in [3.8, 4) is 23.0 Å². The number of isothiocyanates is 1. The molecule has 0 saturated carbocycles. The molecule has 0 saturated heterocycles. The number of aliphatic imine (C=N–C) groups is 1. The number of halogens is 1. The fraction of sp³-hybridized carbons (Fsp3) is 0.148. The van der Waals surface area contributed by atoms with Crippen LogP contribution in [0.15, 0.2) is 71.2 Å². The molecule has 3 aromatic carbocycles. The van der Waals surface area contributed by atoms with Crippen molar-refractivity contribution in [2.24, 2.45) is 4.99 Å². The summed E-state index contributed by atoms with van der Waals surface area (Å²) in [4.78, 5) is 3.73. The molecule has 0 atom stereocenters. The van der Waals surface area contributed by atoms with E-state index in [0.717, 1.165) is 41.5 Å². The van der Waals surface area contributed by atoms with E-state index in [-0.39, 0.29) is 5.69 Å². The normalized spacial score (nSPS) is 11.7. The van der Waals surface area contributed by atoms with Gasteiger partial charge in [-0.1, -0.05) is 61.6 Å². The Morgan fingerprint density at radius 3 is 2.47 bits per heavy atom. The third-order valence-corrected chi connectivity index (χ3v) is 5.25. The van der Waals surface area contributed by atoms with Crippen LogP contribution in [0.2, 0.25) is 0 Å². The Labute approximate surface area is 182 Å². The van der Waals surface area contributed by atoms with Crippen LogP contribution in [0.1, 0.15) is 35.6 Å². The number of thiocarbonyl (C=S) groups is 1. The molecular formula is C27H20FNS. The topological polar surface area (TPSA) is 12.4 Å². The van der Waals surface area contributed by atoms with Crippen LogP contribution < -0.4 is 0 Å². The minimum Gasteiger partial charge on any atom is -0.205 e. The standard InChI is InChI=1S/C27H20FNS/c1-2-3-19-4-6-20(7-5-19)8-9-21-14-22-10-11-23(16-25(22)15-21)24-12-13-27(29-18-30)26(28)17-24/h4-7,10-14,16-17H,2-3,15H2,1H3. The molecule has 0 heterocycles. The van der Waals surface area contributed by atoms with Gasteiger partial charge >= 0.3 is 0 Å². The summed E-state index contributed by atoms with van der Waals surface area (Å²) in [6, 6.07) is 19.6. The van der Waals surface area contributed by atoms with E-state index in [1.165, 1.54) is 22.8 Å². The molecule has 0 radical (unpaired) electrons. The van der Waals surface area contributed by atoms with Crippen molar-refractivity contribution in [3.63, 3.8) is 0 Å². The number of allylic oxidation sites excluding steroid dienone is 1. The van der Waals surface area contributed by atoms with Gasteiger partial charge in [-0.05, 0) is 76.8 Å². The molecule has 1 aliphatic rings. The summed E-state index contributed by atoms with van der Waals surface area (Å²) in [6.45, 7) is 2.19. The molecule has 0 N–H and O–H groups in total. The van der Waals surface area contributed by atoms with Crippen LogP contribution in [0.25, 0.3) is 17.2 Å². The monoisotopic (exact) mass is 409 g/mol. The second kappa shape index (κ2) is 9.01. The van der Waals surface area contributed by atoms with Crippen molar-refractivity contribution >= 4 is 29.1 Å². The maximum atomic E-state index is 14.2. The molecule has 0 fully saturated rings. The van der Waals surface area contributed by atoms with Crippen molar-refractivity contribution in [3.05, 3.63) is 94.3 Å². The zero-order valence-corrected chi connectivity index (χ0v) is 17.5. The smallest absolute Gasteiger partial charge is 0.150 e. The molecule has 30 heavy (non-hydrogen) atoms. The SMILES string of the molecule is CCCc1ccc(C#CC2=Cc3ccc(-c4ccc(N=C=S)c(F)c4)cc3C2)cc1. The van der Waals surface area contributed by atoms with Gasteiger partial charge in [0.15, 0.2) is 0 Å². The average Bonchev–Trinajstić information content (AvgIpc) is 3.17. The minimum absolute atomic E-state index is 0.205. The molecule has 1 aliphatic carbocycles. The molecule has 0 spiro atoms. The Kier molecular flexibility index (Phi) is 6.00. The Balaban J connectivity index is 1.51. The van der Waals surface area contributed by atoms with Gasteiger partial charge in [-0.3, -0.25) is 0 Å². The van der Waals surface area contributed by atoms with Gasteiger partial charge < -0.3 is 0 Å². The Hall–Kier alpha value is -3.31. The zero-order valence-electron chi connectivity index (χ0n) is 16.7. The predicted molar refractivity (Wildman–Crippen MR) is 126 cm³/mol. The first-order chi connectivity index (χ1) is 14.7. The third-order valence-electron chi connectivity index (χ3n) is 5.16. The second-order valence-corrected chi connectivity index (χ2v) is 7.51. The van der Waals surface area contributed by atoms with E-state index in [4.69, 9.17) is 0 Å². The number of hydrogen-bond acceptors (Lipinski definition) is 2. The first-order valence-corrected chi connectivity index (χ1v) is 10.4. The highest BCUT2D eigenvalue weighted by Gasteiger charge is 2.13. The van der Waals surface area contributed by atoms with Crippen LogP contribution in [0.5, 0.6) is 0 Å². The number of benzene rings is 3. The van der Waals surface area contributed by atoms with Crippen molar-refractivity contribution in [1.82, 2.24) is 0 Å². The summed E-state index contributed by atoms with van der Waals surface area (Å²) in [6.07, 6.45) is 5.17. The molecule has 4 rings (SSSR count). The molecule has 146 valence electrons. The molecule has 0 aliphatic heterocycles. The fourth-order valence-corrected chi connectivity index (χ4v) is 3.72. The van der Waals surface area contributed by atoms with Crippen LogP contribution in [-0.4, -0.2) is 5.16 Å². The Bertz CT molecular complexity index is 1240. The molecule has 0 unspecified atom stereocenters. The lowest BCUT2D eigenvalue weighted by Gasteiger charge is -2.06. The van der Waals surface area contributed by atoms with Crippen LogP contribution in [0.4, 0.5) is 10.1 Å². The van der Waals surface area contributed by atoms with Crippen LogP contribution >= 0.6 is 12.2 Å². The van der Waals surface area contributed by atoms with E-state index in [0.29, 0.717) is 0 Å². The van der Waals surface area contributed by atoms with Gasteiger partial charge in [-0.25, -0.2) is 4.39 Å². The zero-order chi connectivity index (χ0) is 20.9. The van der Waals surface area contributed by atoms with E-state index < -0.39 is 5.82 Å². The second-order valence-electron chi connectivity index (χ2n) is 7.33. The molecule has 0 amide bonds. The minimum atomic E-state index is -0.403. The Morgan fingerprint density at radius 1 is 0.967 bits per heavy atom. The maximum absolute atomic E-state index is 14.2. The van der Waals surface area contributed by atoms with Gasteiger partial charge in [0.25, 0.3) is 0 Å². The van der Waals surface area contributed by atoms with E-state index >= 15 is 0 Å². The van der Waals surface area contributed by atoms with Crippen molar-refractivity contribution < 1.29 is 4.39 Å². The quantitative estimate of drug-likeness (QED) is 0.253. The van der Waals surface area contributed by atoms with Crippen LogP contribution in [-0.2, 0) is 12.8 Å². The lowest BCUT2D eigenvalue weighted by Crippen LogP contribution is -1.87. The van der Waals surface area contributed by atoms with Gasteiger partial charge in [0, 0.05) is 17.6 Å². The first kappa shape index (κ1) is 20.0. The van der Waals surface area contributed by atoms with Gasteiger partial charge in [0.1, 0.15) is 11.5 Å². The van der Waals surface area contributed by atoms with Gasteiger partial charge in [0.2, 0.25) is 0 Å². The summed E-state index contributed by atoms with van der Waals surface area (Å²) in [7, 11) is 0. The van der Waals surface area contributed by atoms with Crippen molar-refractivity contribution in [2.75, 3.05) is 0 Å². The molecule has 0 aromatic heterocycles. The fourth-order valence-electron chi connectivity index (χ4n) is 3.63. The summed E-state index contributed by atoms with van der Waals surface area (Å²) < 4.78 is 14.2. The van der Waals surface area contributed by atoms with Crippen molar-refractivity contribution in [1.29, 1.82) is 0 Å². The molecule has 1 nitrogen and oxygen atoms in total. The van der Waals surface area contributed by atoms with Gasteiger partial charge in [-0.15, -0.1) is 0 Å². The lowest BCUT2D eigenvalue weighted by atomic mass is 9.99. The lowest BCUT2D eigenvalue weighted by molar-refractivity contribution is 0.630. The Morgan fingerprint density at radius 2 is 1.73 bits per heavy atom.